The summed E-state index contributed by atoms with van der Waals surface area (Å²) in [7, 11) is 0. The van der Waals surface area contributed by atoms with Gasteiger partial charge in [0.1, 0.15) is 17.8 Å². The Bertz CT molecular complexity index is 762. The van der Waals surface area contributed by atoms with Gasteiger partial charge >= 0.3 is 0 Å². The molecule has 2 aromatic heterocycles. The minimum Gasteiger partial charge on any atom is -0.362 e. The molecule has 0 aliphatic heterocycles. The van der Waals surface area contributed by atoms with Crippen molar-refractivity contribution >= 4 is 16.9 Å². The van der Waals surface area contributed by atoms with E-state index in [-0.39, 0.29) is 0 Å². The Morgan fingerprint density at radius 2 is 2.10 bits per heavy atom. The molecule has 0 saturated carbocycles. The van der Waals surface area contributed by atoms with Crippen LogP contribution < -0.4 is 5.32 Å². The van der Waals surface area contributed by atoms with Gasteiger partial charge in [-0.25, -0.2) is 9.97 Å². The van der Waals surface area contributed by atoms with Gasteiger partial charge in [0.25, 0.3) is 0 Å². The van der Waals surface area contributed by atoms with Crippen molar-refractivity contribution in [2.24, 2.45) is 5.92 Å². The third-order valence-corrected chi connectivity index (χ3v) is 4.15. The van der Waals surface area contributed by atoms with Crippen molar-refractivity contribution in [3.63, 3.8) is 0 Å². The number of benzene rings is 1. The van der Waals surface area contributed by atoms with E-state index >= 15 is 0 Å². The molecule has 0 bridgehead atoms. The number of aromatic amines is 1. The Morgan fingerprint density at radius 1 is 1.20 bits per heavy atom. The number of fused-ring (bicyclic) bond motifs is 2. The maximum absolute atomic E-state index is 4.41. The van der Waals surface area contributed by atoms with E-state index in [0.717, 1.165) is 23.3 Å². The average molecular weight is 264 g/mol. The summed E-state index contributed by atoms with van der Waals surface area (Å²) in [6.45, 7) is 2.28. The predicted octanol–water partition coefficient (Wildman–Crippen LogP) is 3.30. The number of rotatable bonds is 2. The number of anilines is 1. The van der Waals surface area contributed by atoms with Gasteiger partial charge in [0.2, 0.25) is 0 Å². The lowest BCUT2D eigenvalue weighted by Gasteiger charge is -2.19. The van der Waals surface area contributed by atoms with Crippen LogP contribution in [-0.4, -0.2) is 15.0 Å². The van der Waals surface area contributed by atoms with Gasteiger partial charge in [0.05, 0.1) is 11.4 Å². The van der Waals surface area contributed by atoms with Gasteiger partial charge in [-0.3, -0.25) is 0 Å². The molecule has 1 aliphatic rings. The van der Waals surface area contributed by atoms with Crippen LogP contribution in [0.15, 0.2) is 42.9 Å². The van der Waals surface area contributed by atoms with Crippen molar-refractivity contribution in [2.45, 2.75) is 19.4 Å². The molecule has 1 aliphatic carbocycles. The van der Waals surface area contributed by atoms with Gasteiger partial charge in [0.15, 0.2) is 0 Å². The van der Waals surface area contributed by atoms with Gasteiger partial charge in [-0.2, -0.15) is 0 Å². The smallest absolute Gasteiger partial charge is 0.142 e. The second-order valence-corrected chi connectivity index (χ2v) is 5.46. The summed E-state index contributed by atoms with van der Waals surface area (Å²) >= 11 is 0. The Labute approximate surface area is 117 Å². The third-order valence-electron chi connectivity index (χ3n) is 4.15. The molecule has 2 atom stereocenters. The zero-order valence-corrected chi connectivity index (χ0v) is 11.3. The van der Waals surface area contributed by atoms with Crippen molar-refractivity contribution in [3.8, 4) is 0 Å². The molecule has 3 aromatic rings. The van der Waals surface area contributed by atoms with Crippen LogP contribution in [0, 0.1) is 5.92 Å². The molecule has 2 heterocycles. The topological polar surface area (TPSA) is 53.6 Å². The maximum Gasteiger partial charge on any atom is 0.142 e. The Kier molecular flexibility index (Phi) is 2.49. The highest BCUT2D eigenvalue weighted by atomic mass is 15.1. The monoisotopic (exact) mass is 264 g/mol. The van der Waals surface area contributed by atoms with E-state index in [4.69, 9.17) is 0 Å². The summed E-state index contributed by atoms with van der Waals surface area (Å²) in [6, 6.07) is 11.0. The zero-order chi connectivity index (χ0) is 13.5. The third kappa shape index (κ3) is 1.68. The molecule has 0 spiro atoms. The fourth-order valence-corrected chi connectivity index (χ4v) is 3.15. The van der Waals surface area contributed by atoms with Gasteiger partial charge in [-0.15, -0.1) is 0 Å². The van der Waals surface area contributed by atoms with Gasteiger partial charge < -0.3 is 10.3 Å². The molecule has 0 radical (unpaired) electrons. The molecular formula is C16H16N4. The summed E-state index contributed by atoms with van der Waals surface area (Å²) in [5.41, 5.74) is 3.71. The number of nitrogens with one attached hydrogen (secondary N) is 2. The normalized spacial score (nSPS) is 21.1. The first-order valence-electron chi connectivity index (χ1n) is 6.95. The van der Waals surface area contributed by atoms with Crippen molar-refractivity contribution < 1.29 is 0 Å². The number of nitrogens with zero attached hydrogens (tertiary/aromatic N) is 2. The molecule has 0 unspecified atom stereocenters. The first kappa shape index (κ1) is 11.5. The minimum absolute atomic E-state index is 0.319. The predicted molar refractivity (Wildman–Crippen MR) is 79.6 cm³/mol. The van der Waals surface area contributed by atoms with E-state index in [1.54, 1.807) is 6.33 Å². The molecule has 2 N–H and O–H groups in total. The van der Waals surface area contributed by atoms with Crippen LogP contribution in [-0.2, 0) is 6.42 Å². The Morgan fingerprint density at radius 3 is 3.05 bits per heavy atom. The van der Waals surface area contributed by atoms with Crippen LogP contribution in [0.25, 0.3) is 11.0 Å². The van der Waals surface area contributed by atoms with Crippen LogP contribution in [0.3, 0.4) is 0 Å². The van der Waals surface area contributed by atoms with Crippen LogP contribution >= 0.6 is 0 Å². The molecule has 4 rings (SSSR count). The summed E-state index contributed by atoms with van der Waals surface area (Å²) in [5, 5.41) is 4.65. The van der Waals surface area contributed by atoms with Gasteiger partial charge in [-0.1, -0.05) is 31.2 Å². The molecular weight excluding hydrogens is 248 g/mol. The summed E-state index contributed by atoms with van der Waals surface area (Å²) in [6.07, 6.45) is 4.62. The number of aromatic nitrogens is 3. The van der Waals surface area contributed by atoms with Crippen LogP contribution in [0.5, 0.6) is 0 Å². The minimum atomic E-state index is 0.319. The van der Waals surface area contributed by atoms with E-state index in [1.165, 1.54) is 11.1 Å². The van der Waals surface area contributed by atoms with E-state index in [1.807, 2.05) is 12.3 Å². The van der Waals surface area contributed by atoms with E-state index < -0.39 is 0 Å². The SMILES string of the molecule is C[C@@H]1Cc2ccccc2[C@@H]1Nc1ncnc2[nH]ccc12. The maximum atomic E-state index is 4.41. The Balaban J connectivity index is 1.74. The molecule has 20 heavy (non-hydrogen) atoms. The highest BCUT2D eigenvalue weighted by Gasteiger charge is 2.29. The summed E-state index contributed by atoms with van der Waals surface area (Å²) < 4.78 is 0. The lowest BCUT2D eigenvalue weighted by Crippen LogP contribution is -2.15. The van der Waals surface area contributed by atoms with E-state index in [0.29, 0.717) is 12.0 Å². The molecule has 4 heteroatoms. The van der Waals surface area contributed by atoms with E-state index in [2.05, 4.69) is 51.5 Å². The number of H-pyrrole nitrogens is 1. The average Bonchev–Trinajstić information content (AvgIpc) is 3.05. The van der Waals surface area contributed by atoms with Crippen LogP contribution in [0.2, 0.25) is 0 Å². The van der Waals surface area contributed by atoms with Crippen molar-refractivity contribution in [3.05, 3.63) is 54.0 Å². The second kappa shape index (κ2) is 4.34. The lowest BCUT2D eigenvalue weighted by atomic mass is 10.0. The molecule has 0 amide bonds. The van der Waals surface area contributed by atoms with Crippen molar-refractivity contribution in [1.29, 1.82) is 0 Å². The highest BCUT2D eigenvalue weighted by molar-refractivity contribution is 5.86. The van der Waals surface area contributed by atoms with Gasteiger partial charge in [0, 0.05) is 6.20 Å². The van der Waals surface area contributed by atoms with Crippen molar-refractivity contribution in [2.75, 3.05) is 5.32 Å². The molecule has 100 valence electrons. The first-order valence-corrected chi connectivity index (χ1v) is 6.95. The quantitative estimate of drug-likeness (QED) is 0.746. The highest BCUT2D eigenvalue weighted by Crippen LogP contribution is 2.38. The molecule has 4 nitrogen and oxygen atoms in total. The van der Waals surface area contributed by atoms with Gasteiger partial charge in [-0.05, 0) is 29.5 Å². The zero-order valence-electron chi connectivity index (χ0n) is 11.3. The molecule has 0 saturated heterocycles. The summed E-state index contributed by atoms with van der Waals surface area (Å²) in [4.78, 5) is 11.8. The van der Waals surface area contributed by atoms with Crippen molar-refractivity contribution in [1.82, 2.24) is 15.0 Å². The Hall–Kier alpha value is -2.36. The molecule has 0 fully saturated rings. The summed E-state index contributed by atoms with van der Waals surface area (Å²) in [5.74, 6) is 1.47. The van der Waals surface area contributed by atoms with Crippen LogP contribution in [0.1, 0.15) is 24.1 Å². The largest absolute Gasteiger partial charge is 0.362 e. The fourth-order valence-electron chi connectivity index (χ4n) is 3.15. The standard InChI is InChI=1S/C16H16N4/c1-10-8-11-4-2-3-5-12(11)14(10)20-16-13-6-7-17-15(13)18-9-19-16/h2-7,9-10,14H,8H2,1H3,(H2,17,18,19,20)/t10-,14-/m1/s1. The lowest BCUT2D eigenvalue weighted by molar-refractivity contribution is 0.541. The fraction of sp³-hybridized carbons (Fsp3) is 0.250. The van der Waals surface area contributed by atoms with Crippen LogP contribution in [0.4, 0.5) is 5.82 Å². The van der Waals surface area contributed by atoms with E-state index in [9.17, 15) is 0 Å². The number of hydrogen-bond donors (Lipinski definition) is 2. The second-order valence-electron chi connectivity index (χ2n) is 5.46. The number of hydrogen-bond acceptors (Lipinski definition) is 3. The molecule has 1 aromatic carbocycles. The first-order chi connectivity index (χ1) is 9.83.